The second kappa shape index (κ2) is 7.35. The Kier molecular flexibility index (Phi) is 5.29. The molecule has 0 aliphatic rings. The molecule has 0 atom stereocenters. The number of halogens is 5. The van der Waals surface area contributed by atoms with E-state index < -0.39 is 23.4 Å². The van der Waals surface area contributed by atoms with Crippen LogP contribution >= 0.6 is 23.4 Å². The summed E-state index contributed by atoms with van der Waals surface area (Å²) in [6, 6.07) is 8.35. The van der Waals surface area contributed by atoms with Crippen molar-refractivity contribution in [1.82, 2.24) is 19.8 Å². The van der Waals surface area contributed by atoms with Crippen LogP contribution in [0.3, 0.4) is 0 Å². The summed E-state index contributed by atoms with van der Waals surface area (Å²) in [5.41, 5.74) is -0.374. The number of alkyl halides is 3. The molecule has 3 rings (SSSR count). The highest BCUT2D eigenvalue weighted by Gasteiger charge is 2.28. The lowest BCUT2D eigenvalue weighted by atomic mass is 10.2. The summed E-state index contributed by atoms with van der Waals surface area (Å²) in [5.74, 6) is -1.93. The van der Waals surface area contributed by atoms with Crippen molar-refractivity contribution in [2.75, 3.05) is 5.75 Å². The summed E-state index contributed by atoms with van der Waals surface area (Å²) in [4.78, 5) is 12.7. The van der Waals surface area contributed by atoms with Gasteiger partial charge in [0.25, 0.3) is 0 Å². The number of benzene rings is 2. The molecule has 0 aliphatic heterocycles. The molecular weight excluding hydrogens is 408 g/mol. The Hall–Kier alpha value is -2.33. The van der Waals surface area contributed by atoms with Crippen LogP contribution in [0.25, 0.3) is 11.4 Å². The molecule has 0 unspecified atom stereocenters. The lowest BCUT2D eigenvalue weighted by Gasteiger charge is -2.10. The molecule has 0 saturated heterocycles. The number of thioether (sulfide) groups is 1. The van der Waals surface area contributed by atoms with Gasteiger partial charge in [-0.3, -0.25) is 0 Å². The first kappa shape index (κ1) is 19.4. The summed E-state index contributed by atoms with van der Waals surface area (Å²) in [5, 5.41) is 7.78. The molecule has 1 aromatic heterocycles. The van der Waals surface area contributed by atoms with E-state index in [1.54, 1.807) is 12.1 Å². The predicted octanol–water partition coefficient (Wildman–Crippen LogP) is 4.17. The third kappa shape index (κ3) is 4.33. The molecule has 0 N–H and O–H groups in total. The minimum atomic E-state index is -4.37. The quantitative estimate of drug-likeness (QED) is 0.471. The molecule has 142 valence electrons. The summed E-state index contributed by atoms with van der Waals surface area (Å²) >= 11 is 6.30. The second-order valence-corrected chi connectivity index (χ2v) is 6.99. The molecule has 2 aromatic carbocycles. The van der Waals surface area contributed by atoms with Gasteiger partial charge in [0, 0.05) is 9.92 Å². The van der Waals surface area contributed by atoms with E-state index in [0.29, 0.717) is 32.7 Å². The van der Waals surface area contributed by atoms with Crippen LogP contribution in [0.2, 0.25) is 5.02 Å². The standard InChI is InChI=1S/C16H11ClF4N4OS/c1-9-6-12(18)13(7-14(9)27-8-16(19,20)21)25-15(26)24(22-23-25)11-4-2-10(17)3-5-11/h2-7H,8H2,1H3. The molecule has 0 spiro atoms. The molecule has 11 heteroatoms. The van der Waals surface area contributed by atoms with Gasteiger partial charge in [0.2, 0.25) is 0 Å². The van der Waals surface area contributed by atoms with Gasteiger partial charge in [-0.15, -0.1) is 11.8 Å². The van der Waals surface area contributed by atoms with Gasteiger partial charge in [-0.25, -0.2) is 9.18 Å². The Morgan fingerprint density at radius 2 is 1.74 bits per heavy atom. The van der Waals surface area contributed by atoms with Crippen molar-refractivity contribution in [1.29, 1.82) is 0 Å². The van der Waals surface area contributed by atoms with Crippen LogP contribution < -0.4 is 5.69 Å². The summed E-state index contributed by atoms with van der Waals surface area (Å²) in [7, 11) is 0. The highest BCUT2D eigenvalue weighted by Crippen LogP contribution is 2.31. The Morgan fingerprint density at radius 3 is 2.37 bits per heavy atom. The molecule has 0 fully saturated rings. The molecule has 27 heavy (non-hydrogen) atoms. The lowest BCUT2D eigenvalue weighted by molar-refractivity contribution is -0.105. The maximum Gasteiger partial charge on any atom is 0.398 e. The van der Waals surface area contributed by atoms with Crippen molar-refractivity contribution in [3.8, 4) is 11.4 Å². The number of rotatable bonds is 4. The minimum Gasteiger partial charge on any atom is -0.243 e. The first-order valence-electron chi connectivity index (χ1n) is 7.47. The fourth-order valence-electron chi connectivity index (χ4n) is 2.26. The van der Waals surface area contributed by atoms with Gasteiger partial charge in [0.05, 0.1) is 11.4 Å². The van der Waals surface area contributed by atoms with Crippen molar-refractivity contribution < 1.29 is 17.6 Å². The zero-order valence-corrected chi connectivity index (χ0v) is 15.2. The van der Waals surface area contributed by atoms with Gasteiger partial charge in [-0.05, 0) is 59.3 Å². The molecule has 0 bridgehead atoms. The van der Waals surface area contributed by atoms with Crippen molar-refractivity contribution in [3.05, 3.63) is 63.3 Å². The van der Waals surface area contributed by atoms with Gasteiger partial charge in [-0.2, -0.15) is 22.5 Å². The summed E-state index contributed by atoms with van der Waals surface area (Å²) in [6.07, 6.45) is -4.37. The van der Waals surface area contributed by atoms with E-state index >= 15 is 0 Å². The predicted molar refractivity (Wildman–Crippen MR) is 93.4 cm³/mol. The smallest absolute Gasteiger partial charge is 0.243 e. The number of nitrogens with zero attached hydrogens (tertiary/aromatic N) is 4. The first-order chi connectivity index (χ1) is 12.7. The van der Waals surface area contributed by atoms with Crippen molar-refractivity contribution in [2.45, 2.75) is 18.0 Å². The van der Waals surface area contributed by atoms with E-state index in [0.717, 1.165) is 16.8 Å². The van der Waals surface area contributed by atoms with E-state index in [1.165, 1.54) is 19.1 Å². The van der Waals surface area contributed by atoms with Crippen LogP contribution in [0.4, 0.5) is 17.6 Å². The Balaban J connectivity index is 2.01. The van der Waals surface area contributed by atoms with E-state index in [9.17, 15) is 22.4 Å². The highest BCUT2D eigenvalue weighted by molar-refractivity contribution is 7.99. The minimum absolute atomic E-state index is 0.191. The number of aromatic nitrogens is 4. The number of hydrogen-bond acceptors (Lipinski definition) is 4. The second-order valence-electron chi connectivity index (χ2n) is 5.53. The van der Waals surface area contributed by atoms with Crippen LogP contribution in [0, 0.1) is 12.7 Å². The van der Waals surface area contributed by atoms with E-state index in [4.69, 9.17) is 11.6 Å². The molecule has 0 aliphatic carbocycles. The molecule has 0 radical (unpaired) electrons. The largest absolute Gasteiger partial charge is 0.398 e. The van der Waals surface area contributed by atoms with Crippen molar-refractivity contribution >= 4 is 23.4 Å². The van der Waals surface area contributed by atoms with Crippen LogP contribution in [-0.2, 0) is 0 Å². The highest BCUT2D eigenvalue weighted by atomic mass is 35.5. The number of aryl methyl sites for hydroxylation is 1. The molecule has 5 nitrogen and oxygen atoms in total. The van der Waals surface area contributed by atoms with Gasteiger partial charge in [0.15, 0.2) is 0 Å². The first-order valence-corrected chi connectivity index (χ1v) is 8.83. The van der Waals surface area contributed by atoms with Crippen LogP contribution in [0.1, 0.15) is 5.56 Å². The topological polar surface area (TPSA) is 52.7 Å². The number of tetrazole rings is 1. The van der Waals surface area contributed by atoms with E-state index in [1.807, 2.05) is 0 Å². The molecule has 0 amide bonds. The van der Waals surface area contributed by atoms with Gasteiger partial charge < -0.3 is 0 Å². The van der Waals surface area contributed by atoms with Crippen molar-refractivity contribution in [2.24, 2.45) is 0 Å². The molecular formula is C16H11ClF4N4OS. The monoisotopic (exact) mass is 418 g/mol. The maximum atomic E-state index is 14.3. The van der Waals surface area contributed by atoms with Crippen LogP contribution in [-0.4, -0.2) is 31.7 Å². The molecule has 1 heterocycles. The fourth-order valence-corrected chi connectivity index (χ4v) is 3.19. The van der Waals surface area contributed by atoms with Crippen molar-refractivity contribution in [3.63, 3.8) is 0 Å². The third-order valence-corrected chi connectivity index (χ3v) is 4.99. The number of hydrogen-bond donors (Lipinski definition) is 0. The van der Waals surface area contributed by atoms with E-state index in [-0.39, 0.29) is 10.6 Å². The summed E-state index contributed by atoms with van der Waals surface area (Å²) < 4.78 is 53.4. The Morgan fingerprint density at radius 1 is 1.11 bits per heavy atom. The summed E-state index contributed by atoms with van der Waals surface area (Å²) in [6.45, 7) is 1.49. The van der Waals surface area contributed by atoms with Gasteiger partial charge in [0.1, 0.15) is 11.5 Å². The maximum absolute atomic E-state index is 14.3. The van der Waals surface area contributed by atoms with Crippen LogP contribution in [0.5, 0.6) is 0 Å². The van der Waals surface area contributed by atoms with Gasteiger partial charge in [-0.1, -0.05) is 11.6 Å². The SMILES string of the molecule is Cc1cc(F)c(-n2nnn(-c3ccc(Cl)cc3)c2=O)cc1SCC(F)(F)F. The van der Waals surface area contributed by atoms with Gasteiger partial charge >= 0.3 is 11.9 Å². The lowest BCUT2D eigenvalue weighted by Crippen LogP contribution is -2.24. The fraction of sp³-hybridized carbons (Fsp3) is 0.188. The van der Waals surface area contributed by atoms with Crippen LogP contribution in [0.15, 0.2) is 46.1 Å². The normalized spacial score (nSPS) is 11.8. The Bertz CT molecular complexity index is 1030. The zero-order valence-electron chi connectivity index (χ0n) is 13.7. The zero-order chi connectivity index (χ0) is 19.8. The average molecular weight is 419 g/mol. The Labute approximate surface area is 159 Å². The average Bonchev–Trinajstić information content (AvgIpc) is 2.95. The third-order valence-electron chi connectivity index (χ3n) is 3.52. The van der Waals surface area contributed by atoms with E-state index in [2.05, 4.69) is 10.4 Å². The molecule has 0 saturated carbocycles. The molecule has 3 aromatic rings.